The summed E-state index contributed by atoms with van der Waals surface area (Å²) in [5.74, 6) is 1.03. The number of aryl methyl sites for hydroxylation is 1. The number of nitrogens with zero attached hydrogens (tertiary/aromatic N) is 4. The lowest BCUT2D eigenvalue weighted by atomic mass is 10.1. The molecule has 4 aromatic rings. The molecule has 4 rings (SSSR count). The van der Waals surface area contributed by atoms with Crippen LogP contribution in [0.3, 0.4) is 0 Å². The standard InChI is InChI=1S/C24H20F4N4O2/c1-14-22(32(2)23(31-14)15-4-9-21(25)30-11-15)19-8-7-18(10-20(19)33-3)34-13-17-6-5-16(12-29-17)24(26,27)28/h4-12H,13H2,1-3H3. The predicted octanol–water partition coefficient (Wildman–Crippen LogP) is 5.60. The lowest BCUT2D eigenvalue weighted by Crippen LogP contribution is -2.07. The maximum absolute atomic E-state index is 13.2. The molecular weight excluding hydrogens is 452 g/mol. The van der Waals surface area contributed by atoms with Gasteiger partial charge < -0.3 is 14.0 Å². The van der Waals surface area contributed by atoms with E-state index in [0.29, 0.717) is 28.6 Å². The van der Waals surface area contributed by atoms with Crippen LogP contribution in [0.4, 0.5) is 17.6 Å². The Kier molecular flexibility index (Phi) is 6.23. The minimum Gasteiger partial charge on any atom is -0.496 e. The molecule has 1 aromatic carbocycles. The van der Waals surface area contributed by atoms with E-state index in [1.165, 1.54) is 25.4 Å². The number of pyridine rings is 2. The van der Waals surface area contributed by atoms with Gasteiger partial charge in [0.05, 0.1) is 29.8 Å². The van der Waals surface area contributed by atoms with Gasteiger partial charge >= 0.3 is 6.18 Å². The maximum atomic E-state index is 13.2. The SMILES string of the molecule is COc1cc(OCc2ccc(C(F)(F)F)cn2)ccc1-c1c(C)nc(-c2ccc(F)nc2)n1C. The monoisotopic (exact) mass is 472 g/mol. The van der Waals surface area contributed by atoms with E-state index in [1.807, 2.05) is 24.6 Å². The Morgan fingerprint density at radius 2 is 1.79 bits per heavy atom. The zero-order chi connectivity index (χ0) is 24.5. The Morgan fingerprint density at radius 3 is 2.41 bits per heavy atom. The highest BCUT2D eigenvalue weighted by Crippen LogP contribution is 2.37. The van der Waals surface area contributed by atoms with E-state index in [2.05, 4.69) is 15.0 Å². The zero-order valence-corrected chi connectivity index (χ0v) is 18.5. The Bertz CT molecular complexity index is 1300. The molecule has 0 saturated carbocycles. The zero-order valence-electron chi connectivity index (χ0n) is 18.5. The number of hydrogen-bond acceptors (Lipinski definition) is 5. The summed E-state index contributed by atoms with van der Waals surface area (Å²) in [6, 6.07) is 10.4. The van der Waals surface area contributed by atoms with Crippen LogP contribution in [-0.2, 0) is 19.8 Å². The van der Waals surface area contributed by atoms with Crippen LogP contribution in [0.2, 0.25) is 0 Å². The molecule has 0 saturated heterocycles. The van der Waals surface area contributed by atoms with E-state index in [-0.39, 0.29) is 6.61 Å². The summed E-state index contributed by atoms with van der Waals surface area (Å²) in [4.78, 5) is 12.1. The second-order valence-corrected chi connectivity index (χ2v) is 7.48. The van der Waals surface area contributed by atoms with E-state index in [0.717, 1.165) is 29.2 Å². The van der Waals surface area contributed by atoms with E-state index < -0.39 is 17.7 Å². The molecule has 0 N–H and O–H groups in total. The molecule has 0 atom stereocenters. The summed E-state index contributed by atoms with van der Waals surface area (Å²) in [5, 5.41) is 0. The van der Waals surface area contributed by atoms with Crippen molar-refractivity contribution >= 4 is 0 Å². The second-order valence-electron chi connectivity index (χ2n) is 7.48. The van der Waals surface area contributed by atoms with Crippen LogP contribution >= 0.6 is 0 Å². The van der Waals surface area contributed by atoms with Gasteiger partial charge in [-0.2, -0.15) is 17.6 Å². The molecule has 34 heavy (non-hydrogen) atoms. The fourth-order valence-corrected chi connectivity index (χ4v) is 3.57. The summed E-state index contributed by atoms with van der Waals surface area (Å²) in [5.41, 5.74) is 2.51. The fraction of sp³-hybridized carbons (Fsp3) is 0.208. The molecule has 0 amide bonds. The first-order valence-electron chi connectivity index (χ1n) is 10.2. The molecule has 6 nitrogen and oxygen atoms in total. The van der Waals surface area contributed by atoms with Crippen molar-refractivity contribution in [2.45, 2.75) is 19.7 Å². The van der Waals surface area contributed by atoms with Crippen molar-refractivity contribution in [1.29, 1.82) is 0 Å². The van der Waals surface area contributed by atoms with Crippen LogP contribution in [0.15, 0.2) is 54.9 Å². The van der Waals surface area contributed by atoms with Gasteiger partial charge in [0.25, 0.3) is 0 Å². The molecule has 176 valence electrons. The Hall–Kier alpha value is -3.95. The number of alkyl halides is 3. The van der Waals surface area contributed by atoms with Gasteiger partial charge in [0.2, 0.25) is 5.95 Å². The number of aromatic nitrogens is 4. The lowest BCUT2D eigenvalue weighted by Gasteiger charge is -2.14. The minimum atomic E-state index is -4.44. The van der Waals surface area contributed by atoms with E-state index in [1.54, 1.807) is 18.2 Å². The number of methoxy groups -OCH3 is 1. The number of imidazole rings is 1. The summed E-state index contributed by atoms with van der Waals surface area (Å²) in [6.45, 7) is 1.85. The van der Waals surface area contributed by atoms with Crippen molar-refractivity contribution in [3.05, 3.63) is 77.8 Å². The molecule has 3 heterocycles. The highest BCUT2D eigenvalue weighted by Gasteiger charge is 2.30. The van der Waals surface area contributed by atoms with Crippen molar-refractivity contribution in [2.24, 2.45) is 7.05 Å². The average molecular weight is 472 g/mol. The summed E-state index contributed by atoms with van der Waals surface area (Å²) in [7, 11) is 3.37. The summed E-state index contributed by atoms with van der Waals surface area (Å²) < 4.78 is 64.4. The first-order valence-corrected chi connectivity index (χ1v) is 10.2. The Labute approximate surface area is 192 Å². The predicted molar refractivity (Wildman–Crippen MR) is 117 cm³/mol. The largest absolute Gasteiger partial charge is 0.496 e. The summed E-state index contributed by atoms with van der Waals surface area (Å²) in [6.07, 6.45) is -2.24. The minimum absolute atomic E-state index is 0.00685. The highest BCUT2D eigenvalue weighted by atomic mass is 19.4. The van der Waals surface area contributed by atoms with Gasteiger partial charge in [-0.3, -0.25) is 4.98 Å². The molecule has 0 spiro atoms. The molecule has 0 aliphatic heterocycles. The maximum Gasteiger partial charge on any atom is 0.417 e. The van der Waals surface area contributed by atoms with Crippen LogP contribution in [0.1, 0.15) is 17.0 Å². The molecular formula is C24H20F4N4O2. The van der Waals surface area contributed by atoms with Gasteiger partial charge in [0.1, 0.15) is 23.9 Å². The van der Waals surface area contributed by atoms with Crippen molar-refractivity contribution in [3.63, 3.8) is 0 Å². The molecule has 3 aromatic heterocycles. The Balaban J connectivity index is 1.58. The van der Waals surface area contributed by atoms with Gasteiger partial charge in [0.15, 0.2) is 0 Å². The Morgan fingerprint density at radius 1 is 1.00 bits per heavy atom. The third kappa shape index (κ3) is 4.70. The van der Waals surface area contributed by atoms with Crippen LogP contribution < -0.4 is 9.47 Å². The van der Waals surface area contributed by atoms with Crippen LogP contribution in [0, 0.1) is 12.9 Å². The van der Waals surface area contributed by atoms with Crippen molar-refractivity contribution in [1.82, 2.24) is 19.5 Å². The molecule has 0 radical (unpaired) electrons. The summed E-state index contributed by atoms with van der Waals surface area (Å²) >= 11 is 0. The first-order chi connectivity index (χ1) is 16.2. The fourth-order valence-electron chi connectivity index (χ4n) is 3.57. The van der Waals surface area contributed by atoms with Gasteiger partial charge in [-0.25, -0.2) is 9.97 Å². The van der Waals surface area contributed by atoms with Gasteiger partial charge in [0, 0.05) is 36.6 Å². The molecule has 0 aliphatic rings. The van der Waals surface area contributed by atoms with Crippen LogP contribution in [0.5, 0.6) is 11.5 Å². The van der Waals surface area contributed by atoms with Crippen molar-refractivity contribution < 1.29 is 27.0 Å². The first kappa shape index (κ1) is 23.2. The molecule has 0 unspecified atom stereocenters. The normalized spacial score (nSPS) is 11.5. The van der Waals surface area contributed by atoms with E-state index in [9.17, 15) is 17.6 Å². The second kappa shape index (κ2) is 9.12. The smallest absolute Gasteiger partial charge is 0.417 e. The van der Waals surface area contributed by atoms with Gasteiger partial charge in [-0.15, -0.1) is 0 Å². The third-order valence-corrected chi connectivity index (χ3v) is 5.22. The molecule has 10 heteroatoms. The third-order valence-electron chi connectivity index (χ3n) is 5.22. The van der Waals surface area contributed by atoms with E-state index in [4.69, 9.17) is 9.47 Å². The number of ether oxygens (including phenoxy) is 2. The quantitative estimate of drug-likeness (QED) is 0.270. The van der Waals surface area contributed by atoms with Crippen molar-refractivity contribution in [2.75, 3.05) is 7.11 Å². The molecule has 0 bridgehead atoms. The van der Waals surface area contributed by atoms with E-state index >= 15 is 0 Å². The number of rotatable bonds is 6. The average Bonchev–Trinajstić information content (AvgIpc) is 3.11. The van der Waals surface area contributed by atoms with Gasteiger partial charge in [-0.1, -0.05) is 0 Å². The molecule has 0 aliphatic carbocycles. The lowest BCUT2D eigenvalue weighted by molar-refractivity contribution is -0.137. The number of benzene rings is 1. The topological polar surface area (TPSA) is 62.1 Å². The number of hydrogen-bond donors (Lipinski definition) is 0. The molecule has 0 fully saturated rings. The highest BCUT2D eigenvalue weighted by molar-refractivity contribution is 5.74. The van der Waals surface area contributed by atoms with Gasteiger partial charge in [-0.05, 0) is 43.3 Å². The van der Waals surface area contributed by atoms with Crippen LogP contribution in [-0.4, -0.2) is 26.6 Å². The van der Waals surface area contributed by atoms with Crippen LogP contribution in [0.25, 0.3) is 22.6 Å². The van der Waals surface area contributed by atoms with Crippen molar-refractivity contribution in [3.8, 4) is 34.1 Å². The number of halogens is 4.